The average Bonchev–Trinajstić information content (AvgIpc) is 2.18. The molecule has 1 aromatic rings. The fraction of sp³-hybridized carbons (Fsp3) is 0.167. The van der Waals surface area contributed by atoms with Crippen LogP contribution in [-0.2, 0) is 0 Å². The SMILES string of the molecule is Cc1sccc1/C=N/N. The first-order valence-corrected chi connectivity index (χ1v) is 3.50. The molecule has 0 saturated carbocycles. The molecule has 0 saturated heterocycles. The van der Waals surface area contributed by atoms with E-state index >= 15 is 0 Å². The molecule has 0 aromatic carbocycles. The first kappa shape index (κ1) is 6.29. The number of hydrogen-bond acceptors (Lipinski definition) is 3. The van der Waals surface area contributed by atoms with E-state index in [1.54, 1.807) is 17.6 Å². The van der Waals surface area contributed by atoms with E-state index < -0.39 is 0 Å². The molecule has 1 aromatic heterocycles. The Morgan fingerprint density at radius 1 is 1.78 bits per heavy atom. The van der Waals surface area contributed by atoms with E-state index in [4.69, 9.17) is 5.84 Å². The standard InChI is InChI=1S/C6H8N2S/c1-5-6(4-8-7)2-3-9-5/h2-4H,7H2,1H3/b8-4+. The summed E-state index contributed by atoms with van der Waals surface area (Å²) >= 11 is 1.70. The highest BCUT2D eigenvalue weighted by atomic mass is 32.1. The Balaban J connectivity index is 2.94. The van der Waals surface area contributed by atoms with Crippen molar-refractivity contribution >= 4 is 17.6 Å². The van der Waals surface area contributed by atoms with Crippen LogP contribution in [0.3, 0.4) is 0 Å². The molecule has 0 unspecified atom stereocenters. The summed E-state index contributed by atoms with van der Waals surface area (Å²) in [6, 6.07) is 2.00. The van der Waals surface area contributed by atoms with Gasteiger partial charge < -0.3 is 5.84 Å². The number of hydrazone groups is 1. The van der Waals surface area contributed by atoms with Gasteiger partial charge in [-0.1, -0.05) is 0 Å². The summed E-state index contributed by atoms with van der Waals surface area (Å²) in [5.41, 5.74) is 1.11. The lowest BCUT2D eigenvalue weighted by Gasteiger charge is -1.83. The molecule has 0 aliphatic heterocycles. The van der Waals surface area contributed by atoms with Gasteiger partial charge in [0.15, 0.2) is 0 Å². The van der Waals surface area contributed by atoms with Crippen LogP contribution in [0.25, 0.3) is 0 Å². The van der Waals surface area contributed by atoms with Crippen LogP contribution in [0.5, 0.6) is 0 Å². The molecule has 0 aliphatic carbocycles. The summed E-state index contributed by atoms with van der Waals surface area (Å²) < 4.78 is 0. The second-order valence-corrected chi connectivity index (χ2v) is 2.83. The predicted molar refractivity (Wildman–Crippen MR) is 40.8 cm³/mol. The Hall–Kier alpha value is -0.830. The molecule has 1 heterocycles. The second-order valence-electron chi connectivity index (χ2n) is 1.71. The molecule has 48 valence electrons. The van der Waals surface area contributed by atoms with Gasteiger partial charge in [0.1, 0.15) is 0 Å². The minimum absolute atomic E-state index is 1.11. The minimum atomic E-state index is 1.11. The molecule has 0 spiro atoms. The molecule has 2 N–H and O–H groups in total. The molecule has 1 rings (SSSR count). The lowest BCUT2D eigenvalue weighted by atomic mass is 10.3. The summed E-state index contributed by atoms with van der Waals surface area (Å²) in [6.45, 7) is 2.04. The molecule has 9 heavy (non-hydrogen) atoms. The molecular formula is C6H8N2S. The number of thiophene rings is 1. The van der Waals surface area contributed by atoms with Gasteiger partial charge in [0.25, 0.3) is 0 Å². The molecule has 0 amide bonds. The van der Waals surface area contributed by atoms with Crippen molar-refractivity contribution in [3.8, 4) is 0 Å². The van der Waals surface area contributed by atoms with Crippen molar-refractivity contribution in [1.82, 2.24) is 0 Å². The van der Waals surface area contributed by atoms with E-state index in [2.05, 4.69) is 5.10 Å². The third kappa shape index (κ3) is 1.29. The fourth-order valence-electron chi connectivity index (χ4n) is 0.609. The minimum Gasteiger partial charge on any atom is -0.323 e. The van der Waals surface area contributed by atoms with Crippen LogP contribution >= 0.6 is 11.3 Å². The molecule has 0 bridgehead atoms. The van der Waals surface area contributed by atoms with E-state index in [1.165, 1.54) is 4.88 Å². The monoisotopic (exact) mass is 140 g/mol. The van der Waals surface area contributed by atoms with E-state index in [0.29, 0.717) is 0 Å². The zero-order valence-electron chi connectivity index (χ0n) is 5.16. The molecule has 0 fully saturated rings. The van der Waals surface area contributed by atoms with Gasteiger partial charge in [0, 0.05) is 10.4 Å². The van der Waals surface area contributed by atoms with Gasteiger partial charge in [-0.25, -0.2) is 0 Å². The Morgan fingerprint density at radius 2 is 2.56 bits per heavy atom. The Kier molecular flexibility index (Phi) is 1.85. The lowest BCUT2D eigenvalue weighted by molar-refractivity contribution is 1.26. The first-order chi connectivity index (χ1) is 4.34. The first-order valence-electron chi connectivity index (χ1n) is 2.62. The number of rotatable bonds is 1. The van der Waals surface area contributed by atoms with Gasteiger partial charge in [-0.05, 0) is 18.4 Å². The largest absolute Gasteiger partial charge is 0.323 e. The third-order valence-corrected chi connectivity index (χ3v) is 1.97. The van der Waals surface area contributed by atoms with Gasteiger partial charge in [-0.2, -0.15) is 5.10 Å². The van der Waals surface area contributed by atoms with E-state index in [0.717, 1.165) is 5.56 Å². The Labute approximate surface area is 58.0 Å². The number of nitrogens with two attached hydrogens (primary N) is 1. The predicted octanol–water partition coefficient (Wildman–Crippen LogP) is 1.35. The summed E-state index contributed by atoms with van der Waals surface area (Å²) in [5.74, 6) is 4.96. The highest BCUT2D eigenvalue weighted by molar-refractivity contribution is 7.10. The third-order valence-electron chi connectivity index (χ3n) is 1.11. The summed E-state index contributed by atoms with van der Waals surface area (Å²) in [7, 11) is 0. The maximum atomic E-state index is 4.96. The zero-order chi connectivity index (χ0) is 6.69. The maximum absolute atomic E-state index is 4.96. The van der Waals surface area contributed by atoms with Gasteiger partial charge in [-0.15, -0.1) is 11.3 Å². The van der Waals surface area contributed by atoms with Crippen molar-refractivity contribution in [2.24, 2.45) is 10.9 Å². The zero-order valence-corrected chi connectivity index (χ0v) is 5.98. The van der Waals surface area contributed by atoms with E-state index in [1.807, 2.05) is 18.4 Å². The van der Waals surface area contributed by atoms with Crippen molar-refractivity contribution in [3.63, 3.8) is 0 Å². The second kappa shape index (κ2) is 2.64. The van der Waals surface area contributed by atoms with Crippen LogP contribution in [0, 0.1) is 6.92 Å². The summed E-state index contributed by atoms with van der Waals surface area (Å²) in [6.07, 6.45) is 1.66. The van der Waals surface area contributed by atoms with Crippen molar-refractivity contribution in [3.05, 3.63) is 21.9 Å². The van der Waals surface area contributed by atoms with Crippen LogP contribution in [0.15, 0.2) is 16.5 Å². The number of aryl methyl sites for hydroxylation is 1. The van der Waals surface area contributed by atoms with Gasteiger partial charge in [0.05, 0.1) is 6.21 Å². The highest BCUT2D eigenvalue weighted by Crippen LogP contribution is 2.11. The molecule has 0 atom stereocenters. The molecule has 0 aliphatic rings. The Morgan fingerprint density at radius 3 is 3.00 bits per heavy atom. The highest BCUT2D eigenvalue weighted by Gasteiger charge is 1.92. The maximum Gasteiger partial charge on any atom is 0.0549 e. The van der Waals surface area contributed by atoms with E-state index in [-0.39, 0.29) is 0 Å². The van der Waals surface area contributed by atoms with Crippen LogP contribution in [0.2, 0.25) is 0 Å². The molecule has 3 heteroatoms. The van der Waals surface area contributed by atoms with Crippen LogP contribution < -0.4 is 5.84 Å². The van der Waals surface area contributed by atoms with Crippen LogP contribution in [0.4, 0.5) is 0 Å². The number of hydrogen-bond donors (Lipinski definition) is 1. The van der Waals surface area contributed by atoms with Crippen molar-refractivity contribution < 1.29 is 0 Å². The van der Waals surface area contributed by atoms with E-state index in [9.17, 15) is 0 Å². The van der Waals surface area contributed by atoms with Gasteiger partial charge in [0.2, 0.25) is 0 Å². The van der Waals surface area contributed by atoms with Crippen LogP contribution in [0.1, 0.15) is 10.4 Å². The Bertz CT molecular complexity index is 215. The van der Waals surface area contributed by atoms with Crippen molar-refractivity contribution in [1.29, 1.82) is 0 Å². The van der Waals surface area contributed by atoms with Gasteiger partial charge >= 0.3 is 0 Å². The fourth-order valence-corrected chi connectivity index (χ4v) is 1.28. The van der Waals surface area contributed by atoms with Crippen LogP contribution in [-0.4, -0.2) is 6.21 Å². The normalized spacial score (nSPS) is 10.8. The molecule has 0 radical (unpaired) electrons. The topological polar surface area (TPSA) is 38.4 Å². The lowest BCUT2D eigenvalue weighted by Crippen LogP contribution is -1.84. The number of nitrogens with zero attached hydrogens (tertiary/aromatic N) is 1. The average molecular weight is 140 g/mol. The molecule has 2 nitrogen and oxygen atoms in total. The van der Waals surface area contributed by atoms with Crippen molar-refractivity contribution in [2.75, 3.05) is 0 Å². The molecular weight excluding hydrogens is 132 g/mol. The quantitative estimate of drug-likeness (QED) is 0.357. The summed E-state index contributed by atoms with van der Waals surface area (Å²) in [4.78, 5) is 1.25. The van der Waals surface area contributed by atoms with Gasteiger partial charge in [-0.3, -0.25) is 0 Å². The van der Waals surface area contributed by atoms with Crippen molar-refractivity contribution in [2.45, 2.75) is 6.92 Å². The smallest absolute Gasteiger partial charge is 0.0549 e. The summed E-state index contributed by atoms with van der Waals surface area (Å²) in [5, 5.41) is 5.44.